The lowest BCUT2D eigenvalue weighted by Crippen LogP contribution is -2.21. The van der Waals surface area contributed by atoms with E-state index in [0.29, 0.717) is 11.3 Å². The highest BCUT2D eigenvalue weighted by molar-refractivity contribution is 7.71. The Labute approximate surface area is 151 Å². The molecule has 10 heteroatoms. The van der Waals surface area contributed by atoms with Gasteiger partial charge in [0, 0.05) is 24.3 Å². The van der Waals surface area contributed by atoms with Crippen LogP contribution in [0.25, 0.3) is 22.3 Å². The first-order valence-corrected chi connectivity index (χ1v) is 8.19. The van der Waals surface area contributed by atoms with E-state index >= 15 is 0 Å². The maximum absolute atomic E-state index is 13.7. The number of aromatic nitrogens is 5. The largest absolute Gasteiger partial charge is 0.417 e. The van der Waals surface area contributed by atoms with Crippen LogP contribution in [0.2, 0.25) is 0 Å². The minimum absolute atomic E-state index is 0.0261. The average molecular weight is 383 g/mol. The molecule has 0 aliphatic heterocycles. The number of nitrogens with zero attached hydrogens (tertiary/aromatic N) is 4. The molecule has 3 rings (SSSR count). The lowest BCUT2D eigenvalue weighted by molar-refractivity contribution is -0.136. The highest BCUT2D eigenvalue weighted by Crippen LogP contribution is 2.36. The topological polar surface area (TPSA) is 68.5 Å². The summed E-state index contributed by atoms with van der Waals surface area (Å²) in [4.78, 5) is 18.9. The Morgan fingerprint density at radius 1 is 1.31 bits per heavy atom. The molecule has 0 amide bonds. The summed E-state index contributed by atoms with van der Waals surface area (Å²) < 4.78 is 44.1. The summed E-state index contributed by atoms with van der Waals surface area (Å²) in [5.74, 6) is 0. The first kappa shape index (κ1) is 18.3. The SMILES string of the molecule is Cc1c(-c2cc(C(F)(F)F)c3c(=O)[nH]c(=S)n(C(C)C)c3n2)cnn1C. The second kappa shape index (κ2) is 6.04. The fraction of sp³-hybridized carbons (Fsp3) is 0.375. The van der Waals surface area contributed by atoms with Crippen LogP contribution in [0, 0.1) is 11.7 Å². The molecule has 0 radical (unpaired) electrons. The third-order valence-corrected chi connectivity index (χ3v) is 4.53. The zero-order valence-electron chi connectivity index (χ0n) is 14.5. The molecule has 0 atom stereocenters. The molecule has 0 aliphatic rings. The van der Waals surface area contributed by atoms with Crippen molar-refractivity contribution in [1.82, 2.24) is 24.3 Å². The number of pyridine rings is 1. The van der Waals surface area contributed by atoms with Gasteiger partial charge in [0.2, 0.25) is 0 Å². The fourth-order valence-electron chi connectivity index (χ4n) is 2.84. The van der Waals surface area contributed by atoms with E-state index in [1.807, 2.05) is 0 Å². The van der Waals surface area contributed by atoms with Crippen LogP contribution >= 0.6 is 12.2 Å². The van der Waals surface area contributed by atoms with Gasteiger partial charge in [0.15, 0.2) is 4.77 Å². The molecule has 0 aromatic carbocycles. The van der Waals surface area contributed by atoms with Crippen molar-refractivity contribution in [2.75, 3.05) is 0 Å². The van der Waals surface area contributed by atoms with Crippen LogP contribution in [0.4, 0.5) is 13.2 Å². The van der Waals surface area contributed by atoms with Crippen LogP contribution in [0.5, 0.6) is 0 Å². The van der Waals surface area contributed by atoms with E-state index in [9.17, 15) is 18.0 Å². The van der Waals surface area contributed by atoms with Crippen molar-refractivity contribution in [3.05, 3.63) is 38.6 Å². The first-order chi connectivity index (χ1) is 12.0. The second-order valence-electron chi connectivity index (χ2n) is 6.24. The number of aryl methyl sites for hydroxylation is 1. The Morgan fingerprint density at radius 2 is 1.96 bits per heavy atom. The molecule has 3 aromatic heterocycles. The number of aromatic amines is 1. The molecule has 3 heterocycles. The summed E-state index contributed by atoms with van der Waals surface area (Å²) in [6, 6.07) is 0.593. The number of alkyl halides is 3. The first-order valence-electron chi connectivity index (χ1n) is 7.78. The van der Waals surface area contributed by atoms with Gasteiger partial charge in [-0.05, 0) is 39.1 Å². The smallest absolute Gasteiger partial charge is 0.300 e. The third kappa shape index (κ3) is 2.83. The van der Waals surface area contributed by atoms with Crippen molar-refractivity contribution >= 4 is 23.3 Å². The highest BCUT2D eigenvalue weighted by atomic mass is 32.1. The van der Waals surface area contributed by atoms with Gasteiger partial charge in [0.25, 0.3) is 5.56 Å². The zero-order valence-corrected chi connectivity index (χ0v) is 15.3. The molecule has 0 spiro atoms. The number of H-pyrrole nitrogens is 1. The van der Waals surface area contributed by atoms with Crippen molar-refractivity contribution in [2.45, 2.75) is 33.0 Å². The molecule has 0 fully saturated rings. The Bertz CT molecular complexity index is 1120. The van der Waals surface area contributed by atoms with Crippen LogP contribution in [0.3, 0.4) is 0 Å². The number of rotatable bonds is 2. The maximum atomic E-state index is 13.7. The molecular weight excluding hydrogens is 367 g/mol. The number of hydrogen-bond donors (Lipinski definition) is 1. The zero-order chi connectivity index (χ0) is 19.4. The summed E-state index contributed by atoms with van der Waals surface area (Å²) in [5.41, 5.74) is -0.847. The van der Waals surface area contributed by atoms with Gasteiger partial charge in [-0.3, -0.25) is 19.0 Å². The Hall–Kier alpha value is -2.49. The van der Waals surface area contributed by atoms with E-state index in [1.54, 1.807) is 32.5 Å². The van der Waals surface area contributed by atoms with Crippen LogP contribution in [-0.2, 0) is 13.2 Å². The van der Waals surface area contributed by atoms with Crippen LogP contribution in [0.15, 0.2) is 17.1 Å². The van der Waals surface area contributed by atoms with Crippen LogP contribution in [-0.4, -0.2) is 24.3 Å². The predicted molar refractivity (Wildman–Crippen MR) is 93.5 cm³/mol. The summed E-state index contributed by atoms with van der Waals surface area (Å²) in [6.07, 6.45) is -3.28. The highest BCUT2D eigenvalue weighted by Gasteiger charge is 2.36. The van der Waals surface area contributed by atoms with Crippen molar-refractivity contribution in [2.24, 2.45) is 7.05 Å². The van der Waals surface area contributed by atoms with Gasteiger partial charge in [-0.15, -0.1) is 0 Å². The van der Waals surface area contributed by atoms with E-state index in [0.717, 1.165) is 6.07 Å². The standard InChI is InChI=1S/C16H16F3N5OS/c1-7(2)24-13-12(14(25)22-15(24)26)10(16(17,18)19)5-11(21-13)9-6-20-23(4)8(9)3/h5-7H,1-4H3,(H,22,25,26). The number of halogens is 3. The fourth-order valence-corrected chi connectivity index (χ4v) is 3.23. The normalized spacial score (nSPS) is 12.3. The Balaban J connectivity index is 2.55. The van der Waals surface area contributed by atoms with Crippen LogP contribution < -0.4 is 5.56 Å². The molecule has 1 N–H and O–H groups in total. The minimum Gasteiger partial charge on any atom is -0.300 e. The summed E-state index contributed by atoms with van der Waals surface area (Å²) >= 11 is 5.14. The molecular formula is C16H16F3N5OS. The average Bonchev–Trinajstić information content (AvgIpc) is 2.84. The predicted octanol–water partition coefficient (Wildman–Crippen LogP) is 3.76. The van der Waals surface area contributed by atoms with E-state index in [4.69, 9.17) is 12.2 Å². The number of fused-ring (bicyclic) bond motifs is 1. The second-order valence-corrected chi connectivity index (χ2v) is 6.63. The number of nitrogens with one attached hydrogen (secondary N) is 1. The van der Waals surface area contributed by atoms with E-state index in [1.165, 1.54) is 10.8 Å². The molecule has 0 aliphatic carbocycles. The van der Waals surface area contributed by atoms with E-state index < -0.39 is 22.7 Å². The quantitative estimate of drug-likeness (QED) is 0.684. The molecule has 3 aromatic rings. The summed E-state index contributed by atoms with van der Waals surface area (Å²) in [5, 5.41) is 3.53. The molecule has 138 valence electrons. The minimum atomic E-state index is -4.73. The number of hydrogen-bond acceptors (Lipinski definition) is 4. The van der Waals surface area contributed by atoms with Gasteiger partial charge in [-0.25, -0.2) is 4.98 Å². The Morgan fingerprint density at radius 3 is 2.46 bits per heavy atom. The molecule has 0 saturated heterocycles. The van der Waals surface area contributed by atoms with Gasteiger partial charge in [-0.2, -0.15) is 18.3 Å². The van der Waals surface area contributed by atoms with Crippen LogP contribution in [0.1, 0.15) is 31.1 Å². The lowest BCUT2D eigenvalue weighted by Gasteiger charge is -2.18. The van der Waals surface area contributed by atoms with Gasteiger partial charge < -0.3 is 0 Å². The van der Waals surface area contributed by atoms with Crippen molar-refractivity contribution in [3.8, 4) is 11.3 Å². The molecule has 0 bridgehead atoms. The molecule has 0 unspecified atom stereocenters. The van der Waals surface area contributed by atoms with Gasteiger partial charge in [0.05, 0.1) is 22.8 Å². The van der Waals surface area contributed by atoms with Crippen molar-refractivity contribution in [1.29, 1.82) is 0 Å². The Kier molecular flexibility index (Phi) is 4.26. The van der Waals surface area contributed by atoms with Gasteiger partial charge in [0.1, 0.15) is 5.65 Å². The van der Waals surface area contributed by atoms with Crippen molar-refractivity contribution < 1.29 is 13.2 Å². The summed E-state index contributed by atoms with van der Waals surface area (Å²) in [7, 11) is 1.69. The van der Waals surface area contributed by atoms with Gasteiger partial charge in [-0.1, -0.05) is 0 Å². The summed E-state index contributed by atoms with van der Waals surface area (Å²) in [6.45, 7) is 5.24. The molecule has 26 heavy (non-hydrogen) atoms. The maximum Gasteiger partial charge on any atom is 0.417 e. The third-order valence-electron chi connectivity index (χ3n) is 4.23. The van der Waals surface area contributed by atoms with E-state index in [2.05, 4.69) is 15.1 Å². The molecule has 6 nitrogen and oxygen atoms in total. The molecule has 0 saturated carbocycles. The van der Waals surface area contributed by atoms with Crippen molar-refractivity contribution in [3.63, 3.8) is 0 Å². The van der Waals surface area contributed by atoms with Gasteiger partial charge >= 0.3 is 6.18 Å². The monoisotopic (exact) mass is 383 g/mol. The van der Waals surface area contributed by atoms with E-state index in [-0.39, 0.29) is 22.2 Å². The lowest BCUT2D eigenvalue weighted by atomic mass is 10.1.